The van der Waals surface area contributed by atoms with Gasteiger partial charge in [-0.2, -0.15) is 0 Å². The lowest BCUT2D eigenvalue weighted by atomic mass is 10.0. The lowest BCUT2D eigenvalue weighted by Gasteiger charge is -2.17. The summed E-state index contributed by atoms with van der Waals surface area (Å²) >= 11 is 0. The van der Waals surface area contributed by atoms with Gasteiger partial charge in [-0.1, -0.05) is 18.2 Å². The lowest BCUT2D eigenvalue weighted by Crippen LogP contribution is -2.30. The first-order valence-corrected chi connectivity index (χ1v) is 7.12. The van der Waals surface area contributed by atoms with E-state index in [1.807, 2.05) is 43.3 Å². The summed E-state index contributed by atoms with van der Waals surface area (Å²) in [6.07, 6.45) is 3.35. The van der Waals surface area contributed by atoms with Crippen LogP contribution in [0.5, 0.6) is 0 Å². The van der Waals surface area contributed by atoms with E-state index in [9.17, 15) is 9.59 Å². The molecule has 0 bridgehead atoms. The number of nitrogens with zero attached hydrogens (tertiary/aromatic N) is 2. The molecule has 2 N–H and O–H groups in total. The molecule has 0 fully saturated rings. The molecule has 0 aliphatic heterocycles. The van der Waals surface area contributed by atoms with Crippen molar-refractivity contribution in [1.29, 1.82) is 0 Å². The molecule has 5 nitrogen and oxygen atoms in total. The Morgan fingerprint density at radius 3 is 2.48 bits per heavy atom. The molecule has 0 radical (unpaired) electrons. The van der Waals surface area contributed by atoms with Crippen LogP contribution >= 0.6 is 0 Å². The number of amides is 1. The van der Waals surface area contributed by atoms with Crippen molar-refractivity contribution < 1.29 is 4.79 Å². The number of carbonyl (C=O) groups is 1. The van der Waals surface area contributed by atoms with E-state index in [4.69, 9.17) is 5.73 Å². The predicted molar refractivity (Wildman–Crippen MR) is 88.5 cm³/mol. The molecule has 3 rings (SSSR count). The lowest BCUT2D eigenvalue weighted by molar-refractivity contribution is 0.0998. The number of hydrogen-bond donors (Lipinski definition) is 1. The summed E-state index contributed by atoms with van der Waals surface area (Å²) in [5, 5.41) is 0. The van der Waals surface area contributed by atoms with Crippen molar-refractivity contribution in [3.63, 3.8) is 0 Å². The van der Waals surface area contributed by atoms with E-state index in [0.29, 0.717) is 11.4 Å². The molecule has 1 amide bonds. The summed E-state index contributed by atoms with van der Waals surface area (Å²) in [5.41, 5.74) is 7.82. The smallest absolute Gasteiger partial charge is 0.268 e. The van der Waals surface area contributed by atoms with Gasteiger partial charge in [-0.3, -0.25) is 19.1 Å². The Labute approximate surface area is 133 Å². The van der Waals surface area contributed by atoms with Gasteiger partial charge in [0.2, 0.25) is 0 Å². The Hall–Kier alpha value is -3.21. The van der Waals surface area contributed by atoms with Crippen molar-refractivity contribution in [2.24, 2.45) is 5.73 Å². The molecule has 1 aromatic carbocycles. The van der Waals surface area contributed by atoms with E-state index in [2.05, 4.69) is 4.98 Å². The van der Waals surface area contributed by atoms with Crippen LogP contribution in [0.4, 0.5) is 0 Å². The molecule has 23 heavy (non-hydrogen) atoms. The topological polar surface area (TPSA) is 78.0 Å². The predicted octanol–water partition coefficient (Wildman–Crippen LogP) is 2.31. The van der Waals surface area contributed by atoms with Gasteiger partial charge in [-0.05, 0) is 42.8 Å². The molecule has 2 heterocycles. The monoisotopic (exact) mass is 305 g/mol. The van der Waals surface area contributed by atoms with Crippen LogP contribution in [0.2, 0.25) is 0 Å². The number of nitrogens with two attached hydrogens (primary N) is 1. The van der Waals surface area contributed by atoms with Gasteiger partial charge in [0.05, 0.1) is 5.69 Å². The molecule has 114 valence electrons. The average molecular weight is 305 g/mol. The molecular formula is C18H15N3O2. The highest BCUT2D eigenvalue weighted by atomic mass is 16.2. The first-order chi connectivity index (χ1) is 11.1. The van der Waals surface area contributed by atoms with E-state index in [-0.39, 0.29) is 5.56 Å². The third-order valence-corrected chi connectivity index (χ3v) is 3.61. The highest BCUT2D eigenvalue weighted by Gasteiger charge is 2.18. The molecule has 0 spiro atoms. The first kappa shape index (κ1) is 14.7. The Kier molecular flexibility index (Phi) is 3.76. The van der Waals surface area contributed by atoms with Crippen molar-refractivity contribution in [2.75, 3.05) is 0 Å². The summed E-state index contributed by atoms with van der Waals surface area (Å²) in [6, 6.07) is 14.4. The third kappa shape index (κ3) is 2.64. The van der Waals surface area contributed by atoms with Crippen LogP contribution < -0.4 is 11.3 Å². The summed E-state index contributed by atoms with van der Waals surface area (Å²) in [7, 11) is 0. The van der Waals surface area contributed by atoms with E-state index in [1.54, 1.807) is 18.5 Å². The maximum atomic E-state index is 12.8. The fourth-order valence-electron chi connectivity index (χ4n) is 2.60. The van der Waals surface area contributed by atoms with Gasteiger partial charge in [0.25, 0.3) is 11.5 Å². The van der Waals surface area contributed by atoms with Gasteiger partial charge < -0.3 is 5.73 Å². The van der Waals surface area contributed by atoms with Gasteiger partial charge in [0, 0.05) is 23.6 Å². The van der Waals surface area contributed by atoms with Crippen LogP contribution in [-0.2, 0) is 0 Å². The van der Waals surface area contributed by atoms with Gasteiger partial charge in [-0.25, -0.2) is 0 Å². The molecule has 0 aliphatic rings. The van der Waals surface area contributed by atoms with E-state index < -0.39 is 11.5 Å². The Morgan fingerprint density at radius 1 is 1.13 bits per heavy atom. The Balaban J connectivity index is 2.43. The van der Waals surface area contributed by atoms with Crippen molar-refractivity contribution in [3.05, 3.63) is 82.4 Å². The summed E-state index contributed by atoms with van der Waals surface area (Å²) < 4.78 is 1.51. The van der Waals surface area contributed by atoms with Gasteiger partial charge in [0.1, 0.15) is 5.56 Å². The minimum absolute atomic E-state index is 0.0287. The zero-order valence-corrected chi connectivity index (χ0v) is 12.6. The van der Waals surface area contributed by atoms with Gasteiger partial charge in [0.15, 0.2) is 0 Å². The highest BCUT2D eigenvalue weighted by molar-refractivity contribution is 5.93. The standard InChI is InChI=1S/C18H15N3O2/c1-12-10-15(17(19)22)18(23)21(14-7-3-2-4-8-14)16(12)13-6-5-9-20-11-13/h2-11H,1H3,(H2,19,22). The summed E-state index contributed by atoms with van der Waals surface area (Å²) in [4.78, 5) is 28.5. The second kappa shape index (κ2) is 5.88. The van der Waals surface area contributed by atoms with Crippen LogP contribution in [-0.4, -0.2) is 15.5 Å². The molecule has 5 heteroatoms. The third-order valence-electron chi connectivity index (χ3n) is 3.61. The number of carbonyl (C=O) groups excluding carboxylic acids is 1. The number of hydrogen-bond acceptors (Lipinski definition) is 3. The van der Waals surface area contributed by atoms with E-state index in [1.165, 1.54) is 10.6 Å². The fourth-order valence-corrected chi connectivity index (χ4v) is 2.60. The van der Waals surface area contributed by atoms with E-state index in [0.717, 1.165) is 11.1 Å². The van der Waals surface area contributed by atoms with Crippen LogP contribution in [0.1, 0.15) is 15.9 Å². The molecule has 0 saturated heterocycles. The number of pyridine rings is 2. The number of benzene rings is 1. The first-order valence-electron chi connectivity index (χ1n) is 7.12. The molecule has 0 atom stereocenters. The van der Waals surface area contributed by atoms with Gasteiger partial charge >= 0.3 is 0 Å². The Bertz CT molecular complexity index is 916. The average Bonchev–Trinajstić information content (AvgIpc) is 2.57. The molecule has 0 unspecified atom stereocenters. The van der Waals surface area contributed by atoms with Crippen LogP contribution in [0.25, 0.3) is 16.9 Å². The molecule has 2 aromatic heterocycles. The maximum absolute atomic E-state index is 12.8. The van der Waals surface area contributed by atoms with Crippen molar-refractivity contribution in [1.82, 2.24) is 9.55 Å². The largest absolute Gasteiger partial charge is 0.365 e. The minimum atomic E-state index is -0.736. The maximum Gasteiger partial charge on any atom is 0.268 e. The molecule has 0 aliphatic carbocycles. The molecule has 3 aromatic rings. The second-order valence-electron chi connectivity index (χ2n) is 5.17. The zero-order valence-electron chi connectivity index (χ0n) is 12.6. The van der Waals surface area contributed by atoms with Crippen molar-refractivity contribution in [2.45, 2.75) is 6.92 Å². The second-order valence-corrected chi connectivity index (χ2v) is 5.17. The van der Waals surface area contributed by atoms with Crippen LogP contribution in [0.3, 0.4) is 0 Å². The summed E-state index contributed by atoms with van der Waals surface area (Å²) in [5.74, 6) is -0.736. The minimum Gasteiger partial charge on any atom is -0.365 e. The fraction of sp³-hybridized carbons (Fsp3) is 0.0556. The van der Waals surface area contributed by atoms with Crippen LogP contribution in [0, 0.1) is 6.92 Å². The number of aromatic nitrogens is 2. The normalized spacial score (nSPS) is 10.5. The number of aryl methyl sites for hydroxylation is 1. The Morgan fingerprint density at radius 2 is 1.87 bits per heavy atom. The summed E-state index contributed by atoms with van der Waals surface area (Å²) in [6.45, 7) is 1.84. The zero-order chi connectivity index (χ0) is 16.4. The van der Waals surface area contributed by atoms with E-state index >= 15 is 0 Å². The molecule has 0 saturated carbocycles. The highest BCUT2D eigenvalue weighted by Crippen LogP contribution is 2.24. The number of primary amides is 1. The SMILES string of the molecule is Cc1cc(C(N)=O)c(=O)n(-c2ccccc2)c1-c1cccnc1. The quantitative estimate of drug-likeness (QED) is 0.806. The van der Waals surface area contributed by atoms with Crippen molar-refractivity contribution >= 4 is 5.91 Å². The van der Waals surface area contributed by atoms with Gasteiger partial charge in [-0.15, -0.1) is 0 Å². The van der Waals surface area contributed by atoms with Crippen molar-refractivity contribution in [3.8, 4) is 16.9 Å². The number of para-hydroxylation sites is 1. The number of rotatable bonds is 3. The van der Waals surface area contributed by atoms with Crippen LogP contribution in [0.15, 0.2) is 65.7 Å². The molecular weight excluding hydrogens is 290 g/mol.